The second kappa shape index (κ2) is 6.65. The number of hydrogen-bond donors (Lipinski definition) is 2. The van der Waals surface area contributed by atoms with Crippen LogP contribution in [-0.2, 0) is 4.79 Å². The van der Waals surface area contributed by atoms with Gasteiger partial charge in [-0.25, -0.2) is 4.39 Å². The van der Waals surface area contributed by atoms with Gasteiger partial charge in [0.25, 0.3) is 5.91 Å². The lowest BCUT2D eigenvalue weighted by atomic mass is 10.2. The summed E-state index contributed by atoms with van der Waals surface area (Å²) in [5.41, 5.74) is 1.63. The summed E-state index contributed by atoms with van der Waals surface area (Å²) in [4.78, 5) is 23.5. The van der Waals surface area contributed by atoms with Gasteiger partial charge in [0.2, 0.25) is 5.91 Å². The van der Waals surface area contributed by atoms with E-state index in [0.29, 0.717) is 11.3 Å². The summed E-state index contributed by atoms with van der Waals surface area (Å²) >= 11 is 0. The minimum atomic E-state index is -0.427. The van der Waals surface area contributed by atoms with Crippen LogP contribution in [0.4, 0.5) is 10.1 Å². The SMILES string of the molecule is Cc1ccc(F)cc1NC(=O)CNC(=O)c1ccccc1. The Morgan fingerprint density at radius 2 is 1.81 bits per heavy atom. The zero-order valence-corrected chi connectivity index (χ0v) is 11.5. The van der Waals surface area contributed by atoms with Crippen LogP contribution in [0.15, 0.2) is 48.5 Å². The molecule has 5 heteroatoms. The number of carbonyl (C=O) groups is 2. The quantitative estimate of drug-likeness (QED) is 0.907. The molecule has 0 bridgehead atoms. The van der Waals surface area contributed by atoms with Gasteiger partial charge in [0, 0.05) is 11.3 Å². The Balaban J connectivity index is 1.91. The highest BCUT2D eigenvalue weighted by Crippen LogP contribution is 2.15. The van der Waals surface area contributed by atoms with Crippen molar-refractivity contribution in [2.24, 2.45) is 0 Å². The molecular formula is C16H15FN2O2. The number of amides is 2. The molecule has 0 aliphatic heterocycles. The summed E-state index contributed by atoms with van der Waals surface area (Å²) in [7, 11) is 0. The Morgan fingerprint density at radius 1 is 1.10 bits per heavy atom. The standard InChI is InChI=1S/C16H15FN2O2/c1-11-7-8-13(17)9-14(11)19-15(20)10-18-16(21)12-5-3-2-4-6-12/h2-9H,10H2,1H3,(H,18,21)(H,19,20). The Hall–Kier alpha value is -2.69. The van der Waals surface area contributed by atoms with Gasteiger partial charge in [0.15, 0.2) is 0 Å². The van der Waals surface area contributed by atoms with E-state index in [0.717, 1.165) is 5.56 Å². The predicted octanol–water partition coefficient (Wildman–Crippen LogP) is 2.50. The fraction of sp³-hybridized carbons (Fsp3) is 0.125. The molecule has 0 aromatic heterocycles. The summed E-state index contributed by atoms with van der Waals surface area (Å²) in [6.07, 6.45) is 0. The summed E-state index contributed by atoms with van der Waals surface area (Å²) in [6.45, 7) is 1.58. The molecule has 2 rings (SSSR count). The summed E-state index contributed by atoms with van der Waals surface area (Å²) in [6, 6.07) is 12.7. The van der Waals surface area contributed by atoms with Crippen molar-refractivity contribution in [1.29, 1.82) is 0 Å². The van der Waals surface area contributed by atoms with Gasteiger partial charge in [-0.2, -0.15) is 0 Å². The third-order valence-corrected chi connectivity index (χ3v) is 2.92. The minimum absolute atomic E-state index is 0.177. The highest BCUT2D eigenvalue weighted by atomic mass is 19.1. The first kappa shape index (κ1) is 14.7. The highest BCUT2D eigenvalue weighted by molar-refractivity contribution is 5.99. The number of rotatable bonds is 4. The fourth-order valence-electron chi connectivity index (χ4n) is 1.78. The lowest BCUT2D eigenvalue weighted by Crippen LogP contribution is -2.33. The van der Waals surface area contributed by atoms with Crippen LogP contribution in [0.5, 0.6) is 0 Å². The molecule has 0 saturated heterocycles. The van der Waals surface area contributed by atoms with E-state index in [2.05, 4.69) is 10.6 Å². The molecule has 0 aliphatic rings. The van der Waals surface area contributed by atoms with Crippen LogP contribution in [-0.4, -0.2) is 18.4 Å². The summed E-state index contributed by atoms with van der Waals surface area (Å²) in [5.74, 6) is -1.17. The van der Waals surface area contributed by atoms with Gasteiger partial charge in [-0.05, 0) is 36.8 Å². The van der Waals surface area contributed by atoms with E-state index in [9.17, 15) is 14.0 Å². The molecule has 0 aliphatic carbocycles. The normalized spacial score (nSPS) is 10.0. The smallest absolute Gasteiger partial charge is 0.251 e. The predicted molar refractivity (Wildman–Crippen MR) is 78.5 cm³/mol. The number of nitrogens with one attached hydrogen (secondary N) is 2. The second-order valence-electron chi connectivity index (χ2n) is 4.56. The molecule has 0 heterocycles. The molecule has 0 unspecified atom stereocenters. The number of anilines is 1. The van der Waals surface area contributed by atoms with Crippen molar-refractivity contribution in [3.63, 3.8) is 0 Å². The number of carbonyl (C=O) groups excluding carboxylic acids is 2. The summed E-state index contributed by atoms with van der Waals surface area (Å²) < 4.78 is 13.1. The number of aryl methyl sites for hydroxylation is 1. The molecule has 21 heavy (non-hydrogen) atoms. The first-order valence-electron chi connectivity index (χ1n) is 6.45. The van der Waals surface area contributed by atoms with E-state index >= 15 is 0 Å². The van der Waals surface area contributed by atoms with E-state index < -0.39 is 11.7 Å². The minimum Gasteiger partial charge on any atom is -0.343 e. The molecule has 0 atom stereocenters. The topological polar surface area (TPSA) is 58.2 Å². The van der Waals surface area contributed by atoms with Gasteiger partial charge in [0.05, 0.1) is 6.54 Å². The molecule has 0 saturated carbocycles. The van der Waals surface area contributed by atoms with E-state index in [1.54, 1.807) is 43.3 Å². The van der Waals surface area contributed by atoms with Crippen LogP contribution in [0.1, 0.15) is 15.9 Å². The lowest BCUT2D eigenvalue weighted by molar-refractivity contribution is -0.115. The molecule has 2 aromatic carbocycles. The average molecular weight is 286 g/mol. The zero-order chi connectivity index (χ0) is 15.2. The van der Waals surface area contributed by atoms with E-state index in [4.69, 9.17) is 0 Å². The van der Waals surface area contributed by atoms with Gasteiger partial charge >= 0.3 is 0 Å². The first-order chi connectivity index (χ1) is 10.1. The van der Waals surface area contributed by atoms with Crippen molar-refractivity contribution in [2.45, 2.75) is 6.92 Å². The molecule has 108 valence electrons. The van der Waals surface area contributed by atoms with Crippen molar-refractivity contribution in [2.75, 3.05) is 11.9 Å². The molecular weight excluding hydrogens is 271 g/mol. The Labute approximate surface area is 122 Å². The molecule has 0 spiro atoms. The van der Waals surface area contributed by atoms with Crippen LogP contribution >= 0.6 is 0 Å². The van der Waals surface area contributed by atoms with Gasteiger partial charge in [-0.3, -0.25) is 9.59 Å². The maximum atomic E-state index is 13.1. The third-order valence-electron chi connectivity index (χ3n) is 2.92. The van der Waals surface area contributed by atoms with Crippen LogP contribution in [0.3, 0.4) is 0 Å². The van der Waals surface area contributed by atoms with Crippen LogP contribution in [0.25, 0.3) is 0 Å². The van der Waals surface area contributed by atoms with E-state index in [1.807, 2.05) is 0 Å². The fourth-order valence-corrected chi connectivity index (χ4v) is 1.78. The average Bonchev–Trinajstić information content (AvgIpc) is 2.49. The highest BCUT2D eigenvalue weighted by Gasteiger charge is 2.09. The Bertz CT molecular complexity index is 657. The van der Waals surface area contributed by atoms with Crippen molar-refractivity contribution in [3.05, 3.63) is 65.5 Å². The molecule has 4 nitrogen and oxygen atoms in total. The molecule has 2 aromatic rings. The van der Waals surface area contributed by atoms with Crippen molar-refractivity contribution < 1.29 is 14.0 Å². The number of halogens is 1. The first-order valence-corrected chi connectivity index (χ1v) is 6.45. The van der Waals surface area contributed by atoms with Gasteiger partial charge in [0.1, 0.15) is 5.82 Å². The number of benzene rings is 2. The Kier molecular flexibility index (Phi) is 4.66. The lowest BCUT2D eigenvalue weighted by Gasteiger charge is -2.09. The molecule has 0 radical (unpaired) electrons. The van der Waals surface area contributed by atoms with Gasteiger partial charge in [-0.1, -0.05) is 24.3 Å². The maximum Gasteiger partial charge on any atom is 0.251 e. The van der Waals surface area contributed by atoms with Crippen molar-refractivity contribution in [1.82, 2.24) is 5.32 Å². The third kappa shape index (κ3) is 4.14. The van der Waals surface area contributed by atoms with E-state index in [-0.39, 0.29) is 12.5 Å². The van der Waals surface area contributed by atoms with Crippen molar-refractivity contribution in [3.8, 4) is 0 Å². The van der Waals surface area contributed by atoms with Gasteiger partial charge < -0.3 is 10.6 Å². The monoisotopic (exact) mass is 286 g/mol. The molecule has 0 fully saturated rings. The molecule has 2 amide bonds. The van der Waals surface area contributed by atoms with Crippen LogP contribution in [0, 0.1) is 12.7 Å². The zero-order valence-electron chi connectivity index (χ0n) is 11.5. The van der Waals surface area contributed by atoms with Crippen molar-refractivity contribution >= 4 is 17.5 Å². The number of hydrogen-bond acceptors (Lipinski definition) is 2. The largest absolute Gasteiger partial charge is 0.343 e. The second-order valence-corrected chi connectivity index (χ2v) is 4.56. The summed E-state index contributed by atoms with van der Waals surface area (Å²) in [5, 5.41) is 5.07. The van der Waals surface area contributed by atoms with E-state index in [1.165, 1.54) is 12.1 Å². The van der Waals surface area contributed by atoms with Gasteiger partial charge in [-0.15, -0.1) is 0 Å². The maximum absolute atomic E-state index is 13.1. The van der Waals surface area contributed by atoms with Crippen LogP contribution in [0.2, 0.25) is 0 Å². The Morgan fingerprint density at radius 3 is 2.52 bits per heavy atom. The van der Waals surface area contributed by atoms with Crippen LogP contribution < -0.4 is 10.6 Å². The molecule has 2 N–H and O–H groups in total.